The van der Waals surface area contributed by atoms with Gasteiger partial charge in [0.25, 0.3) is 5.91 Å². The molecular weight excluding hydrogens is 426 g/mol. The number of carbonyl (C=O) groups excluding carboxylic acids is 2. The van der Waals surface area contributed by atoms with Crippen LogP contribution in [0.1, 0.15) is 60.6 Å². The molecule has 6 nitrogen and oxygen atoms in total. The van der Waals surface area contributed by atoms with Gasteiger partial charge >= 0.3 is 0 Å². The summed E-state index contributed by atoms with van der Waals surface area (Å²) in [6.07, 6.45) is 5.47. The molecule has 1 fully saturated rings. The minimum atomic E-state index is -1.07. The number of hydrogen-bond donors (Lipinski definition) is 1. The first kappa shape index (κ1) is 22.5. The Hall–Kier alpha value is -3.28. The Balaban J connectivity index is 1.66. The molecule has 1 aliphatic carbocycles. The van der Waals surface area contributed by atoms with Gasteiger partial charge in [0.2, 0.25) is 5.91 Å². The summed E-state index contributed by atoms with van der Waals surface area (Å²) in [5.74, 6) is 0.478. The Morgan fingerprint density at radius 3 is 2.59 bits per heavy atom. The van der Waals surface area contributed by atoms with Gasteiger partial charge in [-0.2, -0.15) is 0 Å². The second-order valence-electron chi connectivity index (χ2n) is 9.98. The van der Waals surface area contributed by atoms with E-state index in [9.17, 15) is 9.59 Å². The summed E-state index contributed by atoms with van der Waals surface area (Å²) < 4.78 is 7.43. The number of amides is 2. The van der Waals surface area contributed by atoms with Gasteiger partial charge in [0.05, 0.1) is 19.2 Å². The zero-order chi connectivity index (χ0) is 24.0. The molecule has 0 unspecified atom stereocenters. The molecule has 2 amide bonds. The van der Waals surface area contributed by atoms with Gasteiger partial charge in [0, 0.05) is 23.2 Å². The lowest BCUT2D eigenvalue weighted by atomic mass is 9.90. The molecular formula is C28H33N3O3. The Kier molecular flexibility index (Phi) is 5.62. The van der Waals surface area contributed by atoms with E-state index in [1.54, 1.807) is 12.0 Å². The van der Waals surface area contributed by atoms with Crippen molar-refractivity contribution >= 4 is 28.4 Å². The van der Waals surface area contributed by atoms with E-state index in [-0.39, 0.29) is 17.9 Å². The lowest BCUT2D eigenvalue weighted by molar-refractivity contribution is -0.127. The number of benzene rings is 2. The van der Waals surface area contributed by atoms with Gasteiger partial charge in [0.15, 0.2) is 0 Å². The smallest absolute Gasteiger partial charge is 0.275 e. The number of aromatic nitrogens is 1. The molecule has 2 aromatic carbocycles. The molecule has 0 spiro atoms. The lowest BCUT2D eigenvalue weighted by Gasteiger charge is -2.45. The second kappa shape index (κ2) is 8.49. The van der Waals surface area contributed by atoms with E-state index in [4.69, 9.17) is 4.74 Å². The van der Waals surface area contributed by atoms with Crippen LogP contribution in [0.15, 0.2) is 42.5 Å². The third kappa shape index (κ3) is 3.56. The van der Waals surface area contributed by atoms with Crippen molar-refractivity contribution in [1.29, 1.82) is 0 Å². The highest BCUT2D eigenvalue weighted by atomic mass is 16.5. The highest BCUT2D eigenvalue weighted by Crippen LogP contribution is 2.38. The van der Waals surface area contributed by atoms with Crippen molar-refractivity contribution in [2.75, 3.05) is 12.0 Å². The normalized spacial score (nSPS) is 20.9. The van der Waals surface area contributed by atoms with Crippen molar-refractivity contribution in [3.8, 4) is 5.75 Å². The fourth-order valence-electron chi connectivity index (χ4n) is 5.54. The molecule has 1 N–H and O–H groups in total. The van der Waals surface area contributed by atoms with E-state index in [0.717, 1.165) is 59.2 Å². The third-order valence-corrected chi connectivity index (χ3v) is 7.74. The van der Waals surface area contributed by atoms with E-state index < -0.39 is 5.54 Å². The van der Waals surface area contributed by atoms with Gasteiger partial charge in [-0.05, 0) is 69.0 Å². The molecule has 6 heteroatoms. The molecule has 0 radical (unpaired) electrons. The predicted octanol–water partition coefficient (Wildman–Crippen LogP) is 5.13. The number of nitrogens with zero attached hydrogens (tertiary/aromatic N) is 2. The highest BCUT2D eigenvalue weighted by Gasteiger charge is 2.49. The van der Waals surface area contributed by atoms with Gasteiger partial charge < -0.3 is 14.6 Å². The van der Waals surface area contributed by atoms with Crippen LogP contribution < -0.4 is 15.0 Å². The maximum atomic E-state index is 14.1. The summed E-state index contributed by atoms with van der Waals surface area (Å²) in [6.45, 7) is 6.33. The summed E-state index contributed by atoms with van der Waals surface area (Å²) in [5.41, 5.74) is 3.32. The number of carbonyl (C=O) groups is 2. The fraction of sp³-hybridized carbons (Fsp3) is 0.429. The second-order valence-corrected chi connectivity index (χ2v) is 9.98. The van der Waals surface area contributed by atoms with Crippen molar-refractivity contribution in [2.45, 2.75) is 71.0 Å². The number of rotatable bonds is 4. The molecule has 1 aromatic heterocycles. The Morgan fingerprint density at radius 1 is 1.09 bits per heavy atom. The van der Waals surface area contributed by atoms with Crippen molar-refractivity contribution < 1.29 is 14.3 Å². The Labute approximate surface area is 200 Å². The summed E-state index contributed by atoms with van der Waals surface area (Å²) in [6, 6.07) is 13.8. The van der Waals surface area contributed by atoms with Crippen LogP contribution in [0, 0.1) is 13.8 Å². The summed E-state index contributed by atoms with van der Waals surface area (Å²) in [4.78, 5) is 29.8. The number of methoxy groups -OCH3 is 1. The SMILES string of the molecule is COc1ccc2cc3n(c2c1)C[C@](C)(C(=O)NC1CCCCC1)N(c1cccc(C)c1C)C3=O. The summed E-state index contributed by atoms with van der Waals surface area (Å²) >= 11 is 0. The zero-order valence-electron chi connectivity index (χ0n) is 20.5. The predicted molar refractivity (Wildman–Crippen MR) is 135 cm³/mol. The van der Waals surface area contributed by atoms with Gasteiger partial charge in [-0.25, -0.2) is 0 Å². The van der Waals surface area contributed by atoms with Gasteiger partial charge in [-0.3, -0.25) is 14.5 Å². The van der Waals surface area contributed by atoms with Crippen LogP contribution in [-0.4, -0.2) is 35.1 Å². The van der Waals surface area contributed by atoms with Crippen LogP contribution in [0.5, 0.6) is 5.75 Å². The van der Waals surface area contributed by atoms with Crippen LogP contribution >= 0.6 is 0 Å². The number of hydrogen-bond acceptors (Lipinski definition) is 3. The van der Waals surface area contributed by atoms with Crippen LogP contribution in [-0.2, 0) is 11.3 Å². The van der Waals surface area contributed by atoms with E-state index in [1.165, 1.54) is 6.42 Å². The number of anilines is 1. The first-order chi connectivity index (χ1) is 16.3. The maximum Gasteiger partial charge on any atom is 0.275 e. The largest absolute Gasteiger partial charge is 0.497 e. The van der Waals surface area contributed by atoms with E-state index in [0.29, 0.717) is 12.2 Å². The number of ether oxygens (including phenoxy) is 1. The van der Waals surface area contributed by atoms with Crippen LogP contribution in [0.4, 0.5) is 5.69 Å². The summed E-state index contributed by atoms with van der Waals surface area (Å²) in [7, 11) is 1.64. The quantitative estimate of drug-likeness (QED) is 0.588. The van der Waals surface area contributed by atoms with Crippen molar-refractivity contribution in [2.24, 2.45) is 0 Å². The minimum Gasteiger partial charge on any atom is -0.497 e. The molecule has 5 rings (SSSR count). The van der Waals surface area contributed by atoms with Gasteiger partial charge in [0.1, 0.15) is 17.0 Å². The molecule has 1 atom stereocenters. The van der Waals surface area contributed by atoms with Gasteiger partial charge in [-0.15, -0.1) is 0 Å². The first-order valence-corrected chi connectivity index (χ1v) is 12.2. The number of fused-ring (bicyclic) bond motifs is 3. The third-order valence-electron chi connectivity index (χ3n) is 7.74. The molecule has 1 saturated carbocycles. The average Bonchev–Trinajstić information content (AvgIpc) is 3.20. The molecule has 178 valence electrons. The molecule has 34 heavy (non-hydrogen) atoms. The molecule has 2 aliphatic rings. The first-order valence-electron chi connectivity index (χ1n) is 12.2. The van der Waals surface area contributed by atoms with Crippen LogP contribution in [0.2, 0.25) is 0 Å². The molecule has 2 heterocycles. The number of nitrogens with one attached hydrogen (secondary N) is 1. The average molecular weight is 460 g/mol. The monoisotopic (exact) mass is 459 g/mol. The summed E-state index contributed by atoms with van der Waals surface area (Å²) in [5, 5.41) is 4.27. The van der Waals surface area contributed by atoms with Crippen molar-refractivity contribution in [1.82, 2.24) is 9.88 Å². The van der Waals surface area contributed by atoms with Crippen molar-refractivity contribution in [3.63, 3.8) is 0 Å². The molecule has 3 aromatic rings. The van der Waals surface area contributed by atoms with E-state index in [1.807, 2.05) is 67.8 Å². The molecule has 1 aliphatic heterocycles. The van der Waals surface area contributed by atoms with E-state index >= 15 is 0 Å². The maximum absolute atomic E-state index is 14.1. The fourth-order valence-corrected chi connectivity index (χ4v) is 5.54. The Morgan fingerprint density at radius 2 is 1.85 bits per heavy atom. The minimum absolute atomic E-state index is 0.0935. The molecule has 0 bridgehead atoms. The Bertz CT molecular complexity index is 1270. The zero-order valence-corrected chi connectivity index (χ0v) is 20.5. The topological polar surface area (TPSA) is 63.6 Å². The lowest BCUT2D eigenvalue weighted by Crippen LogP contribution is -2.65. The molecule has 0 saturated heterocycles. The number of aryl methyl sites for hydroxylation is 1. The standard InChI is InChI=1S/C28H33N3O3/c1-18-9-8-12-23(19(18)2)31-26(32)25-15-20-13-14-22(34-4)16-24(20)30(25)17-28(31,3)27(33)29-21-10-6-5-7-11-21/h8-9,12-16,21H,5-7,10-11,17H2,1-4H3,(H,29,33)/t28-/m1/s1. The van der Waals surface area contributed by atoms with E-state index in [2.05, 4.69) is 5.32 Å². The van der Waals surface area contributed by atoms with Crippen LogP contribution in [0.25, 0.3) is 10.9 Å². The van der Waals surface area contributed by atoms with Gasteiger partial charge in [-0.1, -0.05) is 31.4 Å². The highest BCUT2D eigenvalue weighted by molar-refractivity contribution is 6.14. The van der Waals surface area contributed by atoms with Crippen molar-refractivity contribution in [3.05, 3.63) is 59.3 Å². The van der Waals surface area contributed by atoms with Crippen LogP contribution in [0.3, 0.4) is 0 Å².